The van der Waals surface area contributed by atoms with Crippen LogP contribution >= 0.6 is 11.6 Å². The number of hydrogen-bond acceptors (Lipinski definition) is 6. The Morgan fingerprint density at radius 3 is 2.18 bits per heavy atom. The number of halogens is 4. The van der Waals surface area contributed by atoms with E-state index in [0.29, 0.717) is 57.1 Å². The van der Waals surface area contributed by atoms with Crippen LogP contribution in [0.15, 0.2) is 72.8 Å². The SMILES string of the molecule is NCc1ccccc1N1CCN(C(=O)[C@@H](Cc2ccc(Cl)cc2)NC(=O)[C@H]2Cc3ccccc3CN2)CC1.O=C(O)C(F)(F)F. The Morgan fingerprint density at radius 2 is 1.56 bits per heavy atom. The highest BCUT2D eigenvalue weighted by molar-refractivity contribution is 6.30. The molecule has 0 bridgehead atoms. The summed E-state index contributed by atoms with van der Waals surface area (Å²) in [5.74, 6) is -2.97. The van der Waals surface area contributed by atoms with Crippen molar-refractivity contribution < 1.29 is 32.7 Å². The summed E-state index contributed by atoms with van der Waals surface area (Å²) < 4.78 is 31.7. The Bertz CT molecular complexity index is 1480. The number of aliphatic carboxylic acids is 1. The molecule has 240 valence electrons. The molecule has 2 atom stereocenters. The second-order valence-electron chi connectivity index (χ2n) is 10.7. The molecule has 0 saturated carbocycles. The Hall–Kier alpha value is -4.13. The summed E-state index contributed by atoms with van der Waals surface area (Å²) in [6, 6.07) is 22.7. The van der Waals surface area contributed by atoms with E-state index >= 15 is 0 Å². The number of fused-ring (bicyclic) bond motifs is 1. The maximum absolute atomic E-state index is 13.8. The summed E-state index contributed by atoms with van der Waals surface area (Å²) in [5.41, 5.74) is 11.5. The van der Waals surface area contributed by atoms with Crippen molar-refractivity contribution in [3.05, 3.63) is 100 Å². The summed E-state index contributed by atoms with van der Waals surface area (Å²) in [6.07, 6.45) is -4.08. The van der Waals surface area contributed by atoms with Gasteiger partial charge in [0.1, 0.15) is 6.04 Å². The fourth-order valence-electron chi connectivity index (χ4n) is 5.35. The molecule has 5 rings (SSSR count). The lowest BCUT2D eigenvalue weighted by molar-refractivity contribution is -0.192. The molecular formula is C32H35ClF3N5O4. The average molecular weight is 646 g/mol. The number of carboxylic acids is 1. The van der Waals surface area contributed by atoms with Gasteiger partial charge in [0.05, 0.1) is 6.04 Å². The van der Waals surface area contributed by atoms with E-state index in [1.807, 2.05) is 59.5 Å². The van der Waals surface area contributed by atoms with Crippen LogP contribution in [0.2, 0.25) is 5.02 Å². The quantitative estimate of drug-likeness (QED) is 0.310. The van der Waals surface area contributed by atoms with Gasteiger partial charge in [-0.3, -0.25) is 9.59 Å². The molecule has 2 amide bonds. The van der Waals surface area contributed by atoms with Crippen LogP contribution in [0.4, 0.5) is 18.9 Å². The fourth-order valence-corrected chi connectivity index (χ4v) is 5.47. The van der Waals surface area contributed by atoms with Crippen LogP contribution in [0.1, 0.15) is 22.3 Å². The van der Waals surface area contributed by atoms with Crippen LogP contribution in [0.5, 0.6) is 0 Å². The van der Waals surface area contributed by atoms with Gasteiger partial charge in [0.15, 0.2) is 0 Å². The molecule has 0 spiro atoms. The first-order valence-corrected chi connectivity index (χ1v) is 14.8. The molecule has 5 N–H and O–H groups in total. The minimum Gasteiger partial charge on any atom is -0.475 e. The topological polar surface area (TPSA) is 128 Å². The Balaban J connectivity index is 0.000000591. The van der Waals surface area contributed by atoms with Crippen molar-refractivity contribution in [2.24, 2.45) is 5.73 Å². The zero-order chi connectivity index (χ0) is 32.6. The number of para-hydroxylation sites is 1. The minimum absolute atomic E-state index is 0.0590. The van der Waals surface area contributed by atoms with Crippen LogP contribution in [-0.4, -0.2) is 72.2 Å². The van der Waals surface area contributed by atoms with Gasteiger partial charge in [0, 0.05) is 56.4 Å². The van der Waals surface area contributed by atoms with E-state index < -0.39 is 18.2 Å². The molecule has 3 aromatic carbocycles. The van der Waals surface area contributed by atoms with Crippen LogP contribution in [0.25, 0.3) is 0 Å². The van der Waals surface area contributed by atoms with Gasteiger partial charge >= 0.3 is 12.1 Å². The van der Waals surface area contributed by atoms with Crippen molar-refractivity contribution >= 4 is 35.1 Å². The summed E-state index contributed by atoms with van der Waals surface area (Å²) >= 11 is 6.08. The van der Waals surface area contributed by atoms with Gasteiger partial charge in [-0.25, -0.2) is 4.79 Å². The first kappa shape index (κ1) is 33.8. The Morgan fingerprint density at radius 1 is 0.956 bits per heavy atom. The van der Waals surface area contributed by atoms with Gasteiger partial charge in [-0.15, -0.1) is 0 Å². The number of nitrogens with one attached hydrogen (secondary N) is 2. The lowest BCUT2D eigenvalue weighted by Crippen LogP contribution is -2.58. The molecule has 1 saturated heterocycles. The number of anilines is 1. The number of rotatable bonds is 7. The summed E-state index contributed by atoms with van der Waals surface area (Å²) in [7, 11) is 0. The van der Waals surface area contributed by atoms with E-state index in [1.165, 1.54) is 11.1 Å². The van der Waals surface area contributed by atoms with Crippen molar-refractivity contribution in [3.8, 4) is 0 Å². The number of carbonyl (C=O) groups excluding carboxylic acids is 2. The van der Waals surface area contributed by atoms with Crippen LogP contribution in [0, 0.1) is 0 Å². The van der Waals surface area contributed by atoms with Crippen LogP contribution in [0.3, 0.4) is 0 Å². The Kier molecular flexibility index (Phi) is 11.4. The highest BCUT2D eigenvalue weighted by Crippen LogP contribution is 2.22. The standard InChI is InChI=1S/C30H34ClN5O2.C2HF3O2/c31-25-11-9-21(10-12-25)17-27(34-29(37)26-18-22-5-1-2-7-24(22)20-33-26)30(38)36-15-13-35(14-16-36)28-8-4-3-6-23(28)19-32;3-2(4,5)1(6)7/h1-12,26-27,33H,13-20,32H2,(H,34,37);(H,6,7)/t26-,27-;/m1./s1. The number of carboxylic acid groups (broad SMARTS) is 1. The number of nitrogens with zero attached hydrogens (tertiary/aromatic N) is 2. The van der Waals surface area contributed by atoms with Crippen molar-refractivity contribution in [1.82, 2.24) is 15.5 Å². The molecule has 0 unspecified atom stereocenters. The number of carbonyl (C=O) groups is 3. The number of benzene rings is 3. The number of alkyl halides is 3. The van der Waals surface area contributed by atoms with E-state index in [2.05, 4.69) is 33.7 Å². The zero-order valence-electron chi connectivity index (χ0n) is 24.4. The molecule has 0 radical (unpaired) electrons. The van der Waals surface area contributed by atoms with Gasteiger partial charge in [0.2, 0.25) is 11.8 Å². The van der Waals surface area contributed by atoms with Gasteiger partial charge in [-0.05, 0) is 46.9 Å². The number of amides is 2. The molecule has 2 aliphatic rings. The van der Waals surface area contributed by atoms with E-state index in [4.69, 9.17) is 27.2 Å². The maximum atomic E-state index is 13.8. The largest absolute Gasteiger partial charge is 0.490 e. The lowest BCUT2D eigenvalue weighted by Gasteiger charge is -2.38. The molecule has 2 aliphatic heterocycles. The third-order valence-corrected chi connectivity index (χ3v) is 8.00. The average Bonchev–Trinajstić information content (AvgIpc) is 3.04. The molecule has 0 aromatic heterocycles. The number of hydrogen-bond donors (Lipinski definition) is 4. The highest BCUT2D eigenvalue weighted by atomic mass is 35.5. The molecule has 0 aliphatic carbocycles. The summed E-state index contributed by atoms with van der Waals surface area (Å²) in [6.45, 7) is 3.71. The maximum Gasteiger partial charge on any atom is 0.490 e. The number of nitrogens with two attached hydrogens (primary N) is 1. The summed E-state index contributed by atoms with van der Waals surface area (Å²) in [5, 5.41) is 14.2. The zero-order valence-corrected chi connectivity index (χ0v) is 25.2. The first-order valence-electron chi connectivity index (χ1n) is 14.4. The molecule has 13 heteroatoms. The van der Waals surface area contributed by atoms with E-state index in [9.17, 15) is 22.8 Å². The number of piperazine rings is 1. The predicted octanol–water partition coefficient (Wildman–Crippen LogP) is 3.52. The molecule has 3 aromatic rings. The third-order valence-electron chi connectivity index (χ3n) is 7.75. The van der Waals surface area contributed by atoms with Gasteiger partial charge < -0.3 is 31.3 Å². The van der Waals surface area contributed by atoms with E-state index in [1.54, 1.807) is 0 Å². The fraction of sp³-hybridized carbons (Fsp3) is 0.344. The van der Waals surface area contributed by atoms with Gasteiger partial charge in [-0.1, -0.05) is 66.2 Å². The monoisotopic (exact) mass is 645 g/mol. The van der Waals surface area contributed by atoms with E-state index in [-0.39, 0.29) is 17.9 Å². The molecular weight excluding hydrogens is 611 g/mol. The van der Waals surface area contributed by atoms with Crippen molar-refractivity contribution in [1.29, 1.82) is 0 Å². The van der Waals surface area contributed by atoms with Crippen molar-refractivity contribution in [3.63, 3.8) is 0 Å². The normalized spacial score (nSPS) is 17.0. The second-order valence-corrected chi connectivity index (χ2v) is 11.2. The first-order chi connectivity index (χ1) is 21.5. The third kappa shape index (κ3) is 9.19. The molecule has 9 nitrogen and oxygen atoms in total. The molecule has 45 heavy (non-hydrogen) atoms. The van der Waals surface area contributed by atoms with E-state index in [0.717, 1.165) is 16.8 Å². The molecule has 2 heterocycles. The van der Waals surface area contributed by atoms with Crippen LogP contribution in [-0.2, 0) is 40.3 Å². The van der Waals surface area contributed by atoms with Crippen molar-refractivity contribution in [2.75, 3.05) is 31.1 Å². The summed E-state index contributed by atoms with van der Waals surface area (Å²) in [4.78, 5) is 40.2. The second kappa shape index (κ2) is 15.2. The van der Waals surface area contributed by atoms with Crippen LogP contribution < -0.4 is 21.3 Å². The van der Waals surface area contributed by atoms with Gasteiger partial charge in [0.25, 0.3) is 0 Å². The van der Waals surface area contributed by atoms with Gasteiger partial charge in [-0.2, -0.15) is 13.2 Å². The molecule has 1 fully saturated rings. The Labute approximate surface area is 264 Å². The lowest BCUT2D eigenvalue weighted by atomic mass is 9.95. The highest BCUT2D eigenvalue weighted by Gasteiger charge is 2.38. The smallest absolute Gasteiger partial charge is 0.475 e. The van der Waals surface area contributed by atoms with Crippen molar-refractivity contribution in [2.45, 2.75) is 44.2 Å². The predicted molar refractivity (Wildman–Crippen MR) is 165 cm³/mol. The minimum atomic E-state index is -5.08.